The van der Waals surface area contributed by atoms with E-state index in [0.717, 1.165) is 16.9 Å². The summed E-state index contributed by atoms with van der Waals surface area (Å²) in [5.41, 5.74) is 2.10. The fraction of sp³-hybridized carbons (Fsp3) is 0.267. The SMILES string of the molecule is CNc1cc(C(=O)O)nc(COc2ccc(C)cc2C)n1. The number of aromatic nitrogens is 2. The molecule has 1 heterocycles. The number of benzene rings is 1. The van der Waals surface area contributed by atoms with E-state index in [1.165, 1.54) is 6.07 Å². The highest BCUT2D eigenvalue weighted by Crippen LogP contribution is 2.19. The Labute approximate surface area is 122 Å². The Kier molecular flexibility index (Phi) is 4.37. The lowest BCUT2D eigenvalue weighted by Crippen LogP contribution is -2.10. The summed E-state index contributed by atoms with van der Waals surface area (Å²) < 4.78 is 5.67. The molecule has 110 valence electrons. The van der Waals surface area contributed by atoms with Gasteiger partial charge >= 0.3 is 5.97 Å². The molecule has 0 amide bonds. The second kappa shape index (κ2) is 6.21. The summed E-state index contributed by atoms with van der Waals surface area (Å²) in [6.07, 6.45) is 0. The van der Waals surface area contributed by atoms with Gasteiger partial charge in [-0.25, -0.2) is 14.8 Å². The molecule has 0 aliphatic rings. The van der Waals surface area contributed by atoms with Gasteiger partial charge in [-0.05, 0) is 25.5 Å². The van der Waals surface area contributed by atoms with Gasteiger partial charge in [0, 0.05) is 13.1 Å². The number of hydrogen-bond acceptors (Lipinski definition) is 5. The minimum Gasteiger partial charge on any atom is -0.485 e. The molecule has 0 atom stereocenters. The van der Waals surface area contributed by atoms with Crippen LogP contribution in [0.1, 0.15) is 27.4 Å². The Bertz CT molecular complexity index is 671. The summed E-state index contributed by atoms with van der Waals surface area (Å²) in [6.45, 7) is 4.07. The van der Waals surface area contributed by atoms with E-state index in [2.05, 4.69) is 15.3 Å². The maximum atomic E-state index is 11.0. The van der Waals surface area contributed by atoms with Crippen molar-refractivity contribution in [1.82, 2.24) is 9.97 Å². The molecule has 21 heavy (non-hydrogen) atoms. The van der Waals surface area contributed by atoms with Crippen LogP contribution in [0.4, 0.5) is 5.82 Å². The maximum Gasteiger partial charge on any atom is 0.354 e. The average Bonchev–Trinajstić information content (AvgIpc) is 2.46. The molecule has 1 aromatic heterocycles. The van der Waals surface area contributed by atoms with E-state index >= 15 is 0 Å². The molecule has 1 aromatic carbocycles. The zero-order valence-corrected chi connectivity index (χ0v) is 12.2. The number of aryl methyl sites for hydroxylation is 2. The Morgan fingerprint density at radius 1 is 1.29 bits per heavy atom. The first kappa shape index (κ1) is 14.8. The van der Waals surface area contributed by atoms with Crippen molar-refractivity contribution in [2.45, 2.75) is 20.5 Å². The Balaban J connectivity index is 2.19. The number of carboxylic acid groups (broad SMARTS) is 1. The number of aromatic carboxylic acids is 1. The zero-order valence-electron chi connectivity index (χ0n) is 12.2. The summed E-state index contributed by atoms with van der Waals surface area (Å²) in [7, 11) is 1.67. The van der Waals surface area contributed by atoms with Crippen molar-refractivity contribution in [2.75, 3.05) is 12.4 Å². The number of anilines is 1. The number of nitrogens with one attached hydrogen (secondary N) is 1. The van der Waals surface area contributed by atoms with Gasteiger partial charge in [-0.15, -0.1) is 0 Å². The van der Waals surface area contributed by atoms with Gasteiger partial charge < -0.3 is 15.2 Å². The minimum atomic E-state index is -1.10. The van der Waals surface area contributed by atoms with Crippen LogP contribution in [0.3, 0.4) is 0 Å². The largest absolute Gasteiger partial charge is 0.485 e. The third-order valence-electron chi connectivity index (χ3n) is 2.93. The van der Waals surface area contributed by atoms with Crippen LogP contribution in [0.5, 0.6) is 5.75 Å². The van der Waals surface area contributed by atoms with Crippen LogP contribution in [0.15, 0.2) is 24.3 Å². The summed E-state index contributed by atoms with van der Waals surface area (Å²) in [5.74, 6) is 0.401. The summed E-state index contributed by atoms with van der Waals surface area (Å²) in [4.78, 5) is 19.2. The van der Waals surface area contributed by atoms with Crippen LogP contribution >= 0.6 is 0 Å². The topological polar surface area (TPSA) is 84.3 Å². The Morgan fingerprint density at radius 3 is 2.67 bits per heavy atom. The molecular weight excluding hydrogens is 270 g/mol. The first-order valence-electron chi connectivity index (χ1n) is 6.48. The van der Waals surface area contributed by atoms with Gasteiger partial charge in [0.15, 0.2) is 11.5 Å². The van der Waals surface area contributed by atoms with Gasteiger partial charge in [0.25, 0.3) is 0 Å². The highest BCUT2D eigenvalue weighted by atomic mass is 16.5. The molecule has 0 saturated heterocycles. The third kappa shape index (κ3) is 3.68. The Hall–Kier alpha value is -2.63. The summed E-state index contributed by atoms with van der Waals surface area (Å²) >= 11 is 0. The number of carbonyl (C=O) groups is 1. The third-order valence-corrected chi connectivity index (χ3v) is 2.93. The molecule has 0 fully saturated rings. The number of rotatable bonds is 5. The highest BCUT2D eigenvalue weighted by molar-refractivity contribution is 5.86. The van der Waals surface area contributed by atoms with Gasteiger partial charge in [-0.3, -0.25) is 0 Å². The first-order chi connectivity index (χ1) is 9.99. The summed E-state index contributed by atoms with van der Waals surface area (Å²) in [5, 5.41) is 11.8. The predicted octanol–water partition coefficient (Wildman–Crippen LogP) is 2.41. The van der Waals surface area contributed by atoms with Crippen molar-refractivity contribution >= 4 is 11.8 Å². The van der Waals surface area contributed by atoms with E-state index in [1.807, 2.05) is 32.0 Å². The van der Waals surface area contributed by atoms with Gasteiger partial charge in [-0.2, -0.15) is 0 Å². The monoisotopic (exact) mass is 287 g/mol. The summed E-state index contributed by atoms with van der Waals surface area (Å²) in [6, 6.07) is 7.23. The second-order valence-corrected chi connectivity index (χ2v) is 4.67. The first-order valence-corrected chi connectivity index (χ1v) is 6.48. The second-order valence-electron chi connectivity index (χ2n) is 4.67. The minimum absolute atomic E-state index is 0.0615. The fourth-order valence-corrected chi connectivity index (χ4v) is 1.90. The van der Waals surface area contributed by atoms with Gasteiger partial charge in [0.1, 0.15) is 18.2 Å². The molecule has 0 unspecified atom stereocenters. The quantitative estimate of drug-likeness (QED) is 0.878. The van der Waals surface area contributed by atoms with E-state index in [4.69, 9.17) is 9.84 Å². The van der Waals surface area contributed by atoms with E-state index in [9.17, 15) is 4.79 Å². The molecule has 2 rings (SSSR count). The van der Waals surface area contributed by atoms with Crippen LogP contribution in [0, 0.1) is 13.8 Å². The Morgan fingerprint density at radius 2 is 2.05 bits per heavy atom. The predicted molar refractivity (Wildman–Crippen MR) is 78.8 cm³/mol. The van der Waals surface area contributed by atoms with Gasteiger partial charge in [0.05, 0.1) is 0 Å². The molecule has 0 aliphatic heterocycles. The van der Waals surface area contributed by atoms with Crippen LogP contribution in [-0.4, -0.2) is 28.1 Å². The van der Waals surface area contributed by atoms with E-state index in [-0.39, 0.29) is 12.3 Å². The highest BCUT2D eigenvalue weighted by Gasteiger charge is 2.10. The van der Waals surface area contributed by atoms with E-state index in [0.29, 0.717) is 11.6 Å². The number of carboxylic acids is 1. The molecule has 6 nitrogen and oxygen atoms in total. The number of nitrogens with zero attached hydrogens (tertiary/aromatic N) is 2. The lowest BCUT2D eigenvalue weighted by atomic mass is 10.1. The van der Waals surface area contributed by atoms with Crippen LogP contribution in [0.2, 0.25) is 0 Å². The van der Waals surface area contributed by atoms with Crippen molar-refractivity contribution in [1.29, 1.82) is 0 Å². The van der Waals surface area contributed by atoms with Crippen LogP contribution in [-0.2, 0) is 6.61 Å². The van der Waals surface area contributed by atoms with Gasteiger partial charge in [-0.1, -0.05) is 17.7 Å². The van der Waals surface area contributed by atoms with Crippen molar-refractivity contribution in [3.63, 3.8) is 0 Å². The van der Waals surface area contributed by atoms with Crippen LogP contribution < -0.4 is 10.1 Å². The lowest BCUT2D eigenvalue weighted by Gasteiger charge is -2.10. The molecular formula is C15H17N3O3. The molecule has 0 saturated carbocycles. The smallest absolute Gasteiger partial charge is 0.354 e. The molecule has 0 aliphatic carbocycles. The average molecular weight is 287 g/mol. The lowest BCUT2D eigenvalue weighted by molar-refractivity contribution is 0.0689. The molecule has 0 bridgehead atoms. The van der Waals surface area contributed by atoms with Crippen molar-refractivity contribution in [2.24, 2.45) is 0 Å². The normalized spacial score (nSPS) is 10.2. The standard InChI is InChI=1S/C15H17N3O3/c1-9-4-5-12(10(2)6-9)21-8-14-17-11(15(19)20)7-13(16-3)18-14/h4-7H,8H2,1-3H3,(H,19,20)(H,16,17,18). The van der Waals surface area contributed by atoms with Crippen molar-refractivity contribution in [3.05, 3.63) is 46.9 Å². The molecule has 6 heteroatoms. The molecule has 0 spiro atoms. The van der Waals surface area contributed by atoms with Crippen LogP contribution in [0.25, 0.3) is 0 Å². The molecule has 0 radical (unpaired) electrons. The van der Waals surface area contributed by atoms with Gasteiger partial charge in [0.2, 0.25) is 0 Å². The van der Waals surface area contributed by atoms with E-state index in [1.54, 1.807) is 7.05 Å². The maximum absolute atomic E-state index is 11.0. The number of ether oxygens (including phenoxy) is 1. The van der Waals surface area contributed by atoms with E-state index < -0.39 is 5.97 Å². The van der Waals surface area contributed by atoms with Crippen molar-refractivity contribution < 1.29 is 14.6 Å². The zero-order chi connectivity index (χ0) is 15.4. The fourth-order valence-electron chi connectivity index (χ4n) is 1.90. The molecule has 2 N–H and O–H groups in total. The number of hydrogen-bond donors (Lipinski definition) is 2. The molecule has 2 aromatic rings. The van der Waals surface area contributed by atoms with Crippen molar-refractivity contribution in [3.8, 4) is 5.75 Å².